The normalized spacial score (nSPS) is 12.8. The van der Waals surface area contributed by atoms with Crippen LogP contribution in [0.15, 0.2) is 36.9 Å². The standard InChI is InChI=1S/C16H21F3N2O3/c1-3-8-20-15(23)10-21(2)9-13(22)11-24-14-6-4-12(5-7-14)16(17,18)19/h3-7,13,22H,1,8-11H2,2H3,(H,20,23)/t13-/m1/s1. The Bertz CT molecular complexity index is 532. The number of nitrogens with one attached hydrogen (secondary N) is 1. The van der Waals surface area contributed by atoms with Crippen LogP contribution >= 0.6 is 0 Å². The minimum atomic E-state index is -4.40. The third-order valence-corrected chi connectivity index (χ3v) is 3.00. The lowest BCUT2D eigenvalue weighted by Crippen LogP contribution is -2.40. The van der Waals surface area contributed by atoms with Gasteiger partial charge in [0.15, 0.2) is 0 Å². The maximum atomic E-state index is 12.4. The summed E-state index contributed by atoms with van der Waals surface area (Å²) in [5, 5.41) is 12.5. The predicted octanol–water partition coefficient (Wildman–Crippen LogP) is 1.68. The van der Waals surface area contributed by atoms with Gasteiger partial charge in [-0.1, -0.05) is 6.08 Å². The van der Waals surface area contributed by atoms with Gasteiger partial charge in [0.1, 0.15) is 18.5 Å². The Morgan fingerprint density at radius 1 is 1.42 bits per heavy atom. The molecule has 0 saturated carbocycles. The number of rotatable bonds is 9. The van der Waals surface area contributed by atoms with Crippen molar-refractivity contribution in [2.75, 3.05) is 33.3 Å². The highest BCUT2D eigenvalue weighted by Crippen LogP contribution is 2.30. The van der Waals surface area contributed by atoms with Gasteiger partial charge in [-0.05, 0) is 31.3 Å². The summed E-state index contributed by atoms with van der Waals surface area (Å²) in [6.45, 7) is 4.04. The second-order valence-corrected chi connectivity index (χ2v) is 5.28. The number of aliphatic hydroxyl groups excluding tert-OH is 1. The summed E-state index contributed by atoms with van der Waals surface area (Å²) in [5.41, 5.74) is -0.763. The summed E-state index contributed by atoms with van der Waals surface area (Å²) < 4.78 is 42.6. The second-order valence-electron chi connectivity index (χ2n) is 5.28. The minimum absolute atomic E-state index is 0.0933. The summed E-state index contributed by atoms with van der Waals surface area (Å²) in [7, 11) is 1.66. The molecule has 0 aliphatic carbocycles. The highest BCUT2D eigenvalue weighted by atomic mass is 19.4. The fourth-order valence-corrected chi connectivity index (χ4v) is 1.90. The molecule has 0 spiro atoms. The first-order valence-corrected chi connectivity index (χ1v) is 7.26. The number of nitrogens with zero attached hydrogens (tertiary/aromatic N) is 1. The summed E-state index contributed by atoms with van der Waals surface area (Å²) >= 11 is 0. The van der Waals surface area contributed by atoms with Gasteiger partial charge >= 0.3 is 6.18 Å². The maximum absolute atomic E-state index is 12.4. The largest absolute Gasteiger partial charge is 0.491 e. The van der Waals surface area contributed by atoms with Crippen LogP contribution in [0, 0.1) is 0 Å². The van der Waals surface area contributed by atoms with Gasteiger partial charge in [-0.15, -0.1) is 6.58 Å². The summed E-state index contributed by atoms with van der Waals surface area (Å²) in [6.07, 6.45) is -3.72. The maximum Gasteiger partial charge on any atom is 0.416 e. The van der Waals surface area contributed by atoms with E-state index in [0.717, 1.165) is 12.1 Å². The number of amides is 1. The molecule has 5 nitrogen and oxygen atoms in total. The van der Waals surface area contributed by atoms with Gasteiger partial charge in [0, 0.05) is 13.1 Å². The second kappa shape index (κ2) is 9.29. The van der Waals surface area contributed by atoms with Gasteiger partial charge in [0.25, 0.3) is 0 Å². The van der Waals surface area contributed by atoms with E-state index in [1.54, 1.807) is 18.0 Å². The Balaban J connectivity index is 2.36. The zero-order chi connectivity index (χ0) is 18.2. The van der Waals surface area contributed by atoms with Crippen LogP contribution in [0.4, 0.5) is 13.2 Å². The Morgan fingerprint density at radius 2 is 2.04 bits per heavy atom. The van der Waals surface area contributed by atoms with Crippen LogP contribution in [-0.2, 0) is 11.0 Å². The molecule has 0 saturated heterocycles. The number of alkyl halides is 3. The van der Waals surface area contributed by atoms with Crippen LogP contribution in [-0.4, -0.2) is 55.3 Å². The van der Waals surface area contributed by atoms with Crippen LogP contribution in [0.3, 0.4) is 0 Å². The number of hydrogen-bond acceptors (Lipinski definition) is 4. The predicted molar refractivity (Wildman–Crippen MR) is 83.6 cm³/mol. The zero-order valence-electron chi connectivity index (χ0n) is 13.3. The molecule has 1 amide bonds. The van der Waals surface area contributed by atoms with Crippen molar-refractivity contribution in [3.05, 3.63) is 42.5 Å². The first-order chi connectivity index (χ1) is 11.2. The SMILES string of the molecule is C=CCNC(=O)CN(C)C[C@@H](O)COc1ccc(C(F)(F)F)cc1. The topological polar surface area (TPSA) is 61.8 Å². The highest BCUT2D eigenvalue weighted by Gasteiger charge is 2.30. The monoisotopic (exact) mass is 346 g/mol. The lowest BCUT2D eigenvalue weighted by molar-refractivity contribution is -0.137. The summed E-state index contributed by atoms with van der Waals surface area (Å²) in [6, 6.07) is 4.22. The van der Waals surface area contributed by atoms with Crippen molar-refractivity contribution in [2.24, 2.45) is 0 Å². The number of aliphatic hydroxyl groups is 1. The van der Waals surface area contributed by atoms with Gasteiger partial charge in [-0.3, -0.25) is 9.69 Å². The molecule has 0 aliphatic heterocycles. The number of hydrogen-bond donors (Lipinski definition) is 2. The van der Waals surface area contributed by atoms with Crippen LogP contribution in [0.5, 0.6) is 5.75 Å². The quantitative estimate of drug-likeness (QED) is 0.668. The van der Waals surface area contributed by atoms with Gasteiger partial charge in [0.05, 0.1) is 12.1 Å². The molecule has 2 N–H and O–H groups in total. The van der Waals surface area contributed by atoms with Crippen molar-refractivity contribution >= 4 is 5.91 Å². The van der Waals surface area contributed by atoms with Gasteiger partial charge in [-0.25, -0.2) is 0 Å². The smallest absolute Gasteiger partial charge is 0.416 e. The number of carbonyl (C=O) groups excluding carboxylic acids is 1. The average molecular weight is 346 g/mol. The molecule has 8 heteroatoms. The van der Waals surface area contributed by atoms with Crippen molar-refractivity contribution < 1.29 is 27.8 Å². The van der Waals surface area contributed by atoms with E-state index in [9.17, 15) is 23.1 Å². The van der Waals surface area contributed by atoms with Crippen molar-refractivity contribution in [1.82, 2.24) is 10.2 Å². The van der Waals surface area contributed by atoms with Gasteiger partial charge in [-0.2, -0.15) is 13.2 Å². The molecule has 1 rings (SSSR count). The highest BCUT2D eigenvalue weighted by molar-refractivity contribution is 5.78. The molecule has 1 atom stereocenters. The molecule has 134 valence electrons. The lowest BCUT2D eigenvalue weighted by Gasteiger charge is -2.20. The molecule has 1 aromatic carbocycles. The molecule has 0 unspecified atom stereocenters. The number of carbonyl (C=O) groups is 1. The van der Waals surface area contributed by atoms with E-state index in [0.29, 0.717) is 6.54 Å². The molecule has 24 heavy (non-hydrogen) atoms. The van der Waals surface area contributed by atoms with Gasteiger partial charge < -0.3 is 15.2 Å². The number of halogens is 3. The number of ether oxygens (including phenoxy) is 1. The third kappa shape index (κ3) is 7.47. The van der Waals surface area contributed by atoms with Crippen LogP contribution in [0.25, 0.3) is 0 Å². The fourth-order valence-electron chi connectivity index (χ4n) is 1.90. The fraction of sp³-hybridized carbons (Fsp3) is 0.438. The van der Waals surface area contributed by atoms with E-state index in [1.807, 2.05) is 0 Å². The number of likely N-dealkylation sites (N-methyl/N-ethyl adjacent to an activating group) is 1. The Morgan fingerprint density at radius 3 is 2.58 bits per heavy atom. The van der Waals surface area contributed by atoms with E-state index >= 15 is 0 Å². The summed E-state index contributed by atoms with van der Waals surface area (Å²) in [5.74, 6) is 0.0293. The van der Waals surface area contributed by atoms with Crippen molar-refractivity contribution in [3.8, 4) is 5.75 Å². The molecule has 1 aromatic rings. The Kier molecular flexibility index (Phi) is 7.73. The zero-order valence-corrected chi connectivity index (χ0v) is 13.3. The first-order valence-electron chi connectivity index (χ1n) is 7.26. The molecule has 0 aromatic heterocycles. The molecule has 0 heterocycles. The summed E-state index contributed by atoms with van der Waals surface area (Å²) in [4.78, 5) is 13.1. The van der Waals surface area contributed by atoms with E-state index in [4.69, 9.17) is 4.74 Å². The molecular weight excluding hydrogens is 325 g/mol. The van der Waals surface area contributed by atoms with Gasteiger partial charge in [0.2, 0.25) is 5.91 Å². The van der Waals surface area contributed by atoms with Crippen molar-refractivity contribution in [2.45, 2.75) is 12.3 Å². The molecule has 0 aliphatic rings. The van der Waals surface area contributed by atoms with E-state index in [-0.39, 0.29) is 31.4 Å². The molecule has 0 fully saturated rings. The van der Waals surface area contributed by atoms with Crippen LogP contribution in [0.1, 0.15) is 5.56 Å². The van der Waals surface area contributed by atoms with Crippen LogP contribution < -0.4 is 10.1 Å². The first kappa shape index (κ1) is 20.0. The number of benzene rings is 1. The van der Waals surface area contributed by atoms with Crippen molar-refractivity contribution in [1.29, 1.82) is 0 Å². The van der Waals surface area contributed by atoms with Crippen molar-refractivity contribution in [3.63, 3.8) is 0 Å². The van der Waals surface area contributed by atoms with E-state index in [2.05, 4.69) is 11.9 Å². The van der Waals surface area contributed by atoms with Crippen LogP contribution in [0.2, 0.25) is 0 Å². The Hall–Kier alpha value is -2.06. The molecule has 0 bridgehead atoms. The van der Waals surface area contributed by atoms with E-state index < -0.39 is 17.8 Å². The van der Waals surface area contributed by atoms with E-state index in [1.165, 1.54) is 12.1 Å². The molecule has 0 radical (unpaired) electrons. The third-order valence-electron chi connectivity index (χ3n) is 3.00. The molecular formula is C16H21F3N2O3. The minimum Gasteiger partial charge on any atom is -0.491 e. The Labute approximate surface area is 138 Å². The lowest BCUT2D eigenvalue weighted by atomic mass is 10.2. The average Bonchev–Trinajstić information content (AvgIpc) is 2.50.